The summed E-state index contributed by atoms with van der Waals surface area (Å²) in [6.45, 7) is 5.69. The van der Waals surface area contributed by atoms with Gasteiger partial charge in [-0.15, -0.1) is 0 Å². The third-order valence-corrected chi connectivity index (χ3v) is 4.06. The molecule has 3 atom stereocenters. The minimum atomic E-state index is -0.475. The molecule has 1 aromatic heterocycles. The second-order valence-corrected chi connectivity index (χ2v) is 6.07. The van der Waals surface area contributed by atoms with E-state index in [-0.39, 0.29) is 0 Å². The van der Waals surface area contributed by atoms with Crippen LogP contribution in [0.3, 0.4) is 0 Å². The van der Waals surface area contributed by atoms with Gasteiger partial charge >= 0.3 is 0 Å². The van der Waals surface area contributed by atoms with E-state index in [0.717, 1.165) is 17.8 Å². The van der Waals surface area contributed by atoms with Crippen molar-refractivity contribution in [3.63, 3.8) is 0 Å². The molecule has 21 heavy (non-hydrogen) atoms. The van der Waals surface area contributed by atoms with Crippen LogP contribution in [0.5, 0.6) is 0 Å². The van der Waals surface area contributed by atoms with E-state index < -0.39 is 6.10 Å². The van der Waals surface area contributed by atoms with E-state index in [0.29, 0.717) is 31.7 Å². The van der Waals surface area contributed by atoms with Crippen LogP contribution >= 0.6 is 0 Å². The van der Waals surface area contributed by atoms with Gasteiger partial charge in [0.05, 0.1) is 30.2 Å². The Bertz CT molecular complexity index is 410. The smallest absolute Gasteiger partial charge is 0.0897 e. The minimum absolute atomic E-state index is 0.316. The predicted molar refractivity (Wildman–Crippen MR) is 81.9 cm³/mol. The molecule has 3 unspecified atom stereocenters. The molecule has 1 fully saturated rings. The highest BCUT2D eigenvalue weighted by Crippen LogP contribution is 2.26. The van der Waals surface area contributed by atoms with Crippen LogP contribution in [0.4, 0.5) is 0 Å². The van der Waals surface area contributed by atoms with Gasteiger partial charge in [-0.05, 0) is 25.7 Å². The van der Waals surface area contributed by atoms with Crippen molar-refractivity contribution in [1.82, 2.24) is 15.3 Å². The maximum atomic E-state index is 9.96. The molecular formula is C16H27N3O2. The van der Waals surface area contributed by atoms with Gasteiger partial charge in [-0.2, -0.15) is 0 Å². The van der Waals surface area contributed by atoms with Gasteiger partial charge in [0.1, 0.15) is 0 Å². The maximum absolute atomic E-state index is 9.96. The van der Waals surface area contributed by atoms with E-state index in [1.807, 2.05) is 6.92 Å². The summed E-state index contributed by atoms with van der Waals surface area (Å²) in [5.74, 6) is 0.613. The van der Waals surface area contributed by atoms with E-state index >= 15 is 0 Å². The fourth-order valence-corrected chi connectivity index (χ4v) is 2.70. The normalized spacial score (nSPS) is 24.0. The highest BCUT2D eigenvalue weighted by Gasteiger charge is 2.22. The predicted octanol–water partition coefficient (Wildman–Crippen LogP) is 1.83. The van der Waals surface area contributed by atoms with E-state index in [9.17, 15) is 5.11 Å². The molecule has 5 heteroatoms. The van der Waals surface area contributed by atoms with Crippen LogP contribution in [0.1, 0.15) is 44.0 Å². The van der Waals surface area contributed by atoms with Gasteiger partial charge in [-0.1, -0.05) is 19.8 Å². The first-order chi connectivity index (χ1) is 10.1. The molecule has 1 aliphatic carbocycles. The van der Waals surface area contributed by atoms with Crippen LogP contribution in [0.25, 0.3) is 0 Å². The zero-order chi connectivity index (χ0) is 15.1. The average molecular weight is 293 g/mol. The van der Waals surface area contributed by atoms with Crippen molar-refractivity contribution in [2.45, 2.75) is 58.3 Å². The number of rotatable bonds is 7. The first-order valence-electron chi connectivity index (χ1n) is 7.93. The Hall–Kier alpha value is -1.04. The zero-order valence-corrected chi connectivity index (χ0v) is 13.1. The molecular weight excluding hydrogens is 266 g/mol. The molecule has 0 aromatic carbocycles. The Balaban J connectivity index is 1.61. The van der Waals surface area contributed by atoms with E-state index in [1.165, 1.54) is 19.3 Å². The molecule has 0 spiro atoms. The lowest BCUT2D eigenvalue weighted by Crippen LogP contribution is -2.34. The summed E-state index contributed by atoms with van der Waals surface area (Å²) in [7, 11) is 0. The SMILES string of the molecule is Cc1cnc(CNCC(O)COC2CCCCC2C)cn1. The third-order valence-electron chi connectivity index (χ3n) is 4.06. The topological polar surface area (TPSA) is 67.3 Å². The fourth-order valence-electron chi connectivity index (χ4n) is 2.70. The van der Waals surface area contributed by atoms with Gasteiger partial charge in [0.25, 0.3) is 0 Å². The van der Waals surface area contributed by atoms with Gasteiger partial charge < -0.3 is 15.2 Å². The number of aromatic nitrogens is 2. The summed E-state index contributed by atoms with van der Waals surface area (Å²) < 4.78 is 5.86. The standard InChI is InChI=1S/C16H27N3O2/c1-12-5-3-4-6-16(12)21-11-15(20)10-17-8-14-9-18-13(2)7-19-14/h7,9,12,15-17,20H,3-6,8,10-11H2,1-2H3. The number of hydrogen-bond acceptors (Lipinski definition) is 5. The Kier molecular flexibility index (Phi) is 6.54. The van der Waals surface area contributed by atoms with Crippen molar-refractivity contribution in [2.75, 3.05) is 13.2 Å². The minimum Gasteiger partial charge on any atom is -0.389 e. The number of aliphatic hydroxyl groups is 1. The Morgan fingerprint density at radius 3 is 2.86 bits per heavy atom. The van der Waals surface area contributed by atoms with Gasteiger partial charge in [0.15, 0.2) is 0 Å². The quantitative estimate of drug-likeness (QED) is 0.803. The molecule has 0 amide bonds. The van der Waals surface area contributed by atoms with Crippen molar-refractivity contribution < 1.29 is 9.84 Å². The van der Waals surface area contributed by atoms with Crippen LogP contribution in [0.2, 0.25) is 0 Å². The molecule has 0 radical (unpaired) electrons. The number of aryl methyl sites for hydroxylation is 1. The van der Waals surface area contributed by atoms with Crippen LogP contribution in [-0.4, -0.2) is 40.4 Å². The van der Waals surface area contributed by atoms with E-state index in [4.69, 9.17) is 4.74 Å². The monoisotopic (exact) mass is 293 g/mol. The Morgan fingerprint density at radius 1 is 1.33 bits per heavy atom. The molecule has 1 aliphatic rings. The lowest BCUT2D eigenvalue weighted by atomic mass is 9.88. The largest absolute Gasteiger partial charge is 0.389 e. The molecule has 1 heterocycles. The van der Waals surface area contributed by atoms with Crippen molar-refractivity contribution >= 4 is 0 Å². The van der Waals surface area contributed by atoms with Gasteiger partial charge in [0.2, 0.25) is 0 Å². The second kappa shape index (κ2) is 8.41. The number of aliphatic hydroxyl groups excluding tert-OH is 1. The molecule has 0 aliphatic heterocycles. The summed E-state index contributed by atoms with van der Waals surface area (Å²) in [6, 6.07) is 0. The highest BCUT2D eigenvalue weighted by molar-refractivity contribution is 5.00. The second-order valence-electron chi connectivity index (χ2n) is 6.07. The molecule has 118 valence electrons. The average Bonchev–Trinajstić information content (AvgIpc) is 2.48. The van der Waals surface area contributed by atoms with Gasteiger partial charge in [-0.3, -0.25) is 9.97 Å². The molecule has 1 aromatic rings. The lowest BCUT2D eigenvalue weighted by molar-refractivity contribution is -0.0452. The third kappa shape index (κ3) is 5.69. The molecule has 0 saturated heterocycles. The number of hydrogen-bond donors (Lipinski definition) is 2. The summed E-state index contributed by atoms with van der Waals surface area (Å²) in [6.07, 6.45) is 8.27. The van der Waals surface area contributed by atoms with Crippen molar-refractivity contribution in [2.24, 2.45) is 5.92 Å². The zero-order valence-electron chi connectivity index (χ0n) is 13.1. The van der Waals surface area contributed by atoms with Gasteiger partial charge in [0, 0.05) is 25.5 Å². The van der Waals surface area contributed by atoms with Crippen molar-refractivity contribution in [3.05, 3.63) is 23.8 Å². The van der Waals surface area contributed by atoms with E-state index in [1.54, 1.807) is 12.4 Å². The van der Waals surface area contributed by atoms with Crippen molar-refractivity contribution in [3.8, 4) is 0 Å². The fraction of sp³-hybridized carbons (Fsp3) is 0.750. The lowest BCUT2D eigenvalue weighted by Gasteiger charge is -2.29. The summed E-state index contributed by atoms with van der Waals surface area (Å²) in [4.78, 5) is 8.46. The highest BCUT2D eigenvalue weighted by atomic mass is 16.5. The summed E-state index contributed by atoms with van der Waals surface area (Å²) in [5.41, 5.74) is 1.79. The van der Waals surface area contributed by atoms with Crippen LogP contribution in [0, 0.1) is 12.8 Å². The Morgan fingerprint density at radius 2 is 2.14 bits per heavy atom. The number of nitrogens with zero attached hydrogens (tertiary/aromatic N) is 2. The van der Waals surface area contributed by atoms with E-state index in [2.05, 4.69) is 22.2 Å². The van der Waals surface area contributed by atoms with Crippen LogP contribution < -0.4 is 5.32 Å². The molecule has 1 saturated carbocycles. The maximum Gasteiger partial charge on any atom is 0.0897 e. The molecule has 2 N–H and O–H groups in total. The number of nitrogens with one attached hydrogen (secondary N) is 1. The van der Waals surface area contributed by atoms with Crippen molar-refractivity contribution in [1.29, 1.82) is 0 Å². The Labute approximate surface area is 127 Å². The number of ether oxygens (including phenoxy) is 1. The molecule has 0 bridgehead atoms. The first kappa shape index (κ1) is 16.3. The van der Waals surface area contributed by atoms with Crippen LogP contribution in [0.15, 0.2) is 12.4 Å². The summed E-state index contributed by atoms with van der Waals surface area (Å²) >= 11 is 0. The molecule has 5 nitrogen and oxygen atoms in total. The van der Waals surface area contributed by atoms with Gasteiger partial charge in [-0.25, -0.2) is 0 Å². The molecule has 2 rings (SSSR count). The first-order valence-corrected chi connectivity index (χ1v) is 7.93. The van der Waals surface area contributed by atoms with Crippen LogP contribution in [-0.2, 0) is 11.3 Å². The summed E-state index contributed by atoms with van der Waals surface area (Å²) in [5, 5.41) is 13.2.